The minimum atomic E-state index is 0.211. The Bertz CT molecular complexity index is 784. The van der Waals surface area contributed by atoms with Crippen molar-refractivity contribution < 1.29 is 9.90 Å². The maximum atomic E-state index is 10.2. The number of hydrogen-bond donors (Lipinski definition) is 2. The molecule has 2 aromatic carbocycles. The molecule has 0 radical (unpaired) electrons. The number of nitrogens with zero attached hydrogens (tertiary/aromatic N) is 2. The first-order chi connectivity index (χ1) is 9.26. The van der Waals surface area contributed by atoms with Gasteiger partial charge in [0.15, 0.2) is 0 Å². The monoisotopic (exact) mass is 251 g/mol. The maximum Gasteiger partial charge on any atom is 0.240 e. The lowest BCUT2D eigenvalue weighted by molar-refractivity contribution is 0.475. The summed E-state index contributed by atoms with van der Waals surface area (Å²) in [6.45, 7) is 0. The van der Waals surface area contributed by atoms with E-state index in [4.69, 9.17) is 0 Å². The number of hydrogen-bond acceptors (Lipinski definition) is 4. The van der Waals surface area contributed by atoms with Crippen LogP contribution in [0.25, 0.3) is 22.4 Å². The van der Waals surface area contributed by atoms with Crippen LogP contribution in [0.2, 0.25) is 0 Å². The maximum absolute atomic E-state index is 10.2. The lowest BCUT2D eigenvalue weighted by atomic mass is 10.2. The van der Waals surface area contributed by atoms with Gasteiger partial charge < -0.3 is 10.1 Å². The molecule has 1 aromatic heterocycles. The largest absolute Gasteiger partial charge is 0.508 e. The summed E-state index contributed by atoms with van der Waals surface area (Å²) in [6.07, 6.45) is 1.51. The van der Waals surface area contributed by atoms with Crippen molar-refractivity contribution in [3.05, 3.63) is 42.5 Å². The van der Waals surface area contributed by atoms with Crippen LogP contribution in [0.5, 0.6) is 5.75 Å². The van der Waals surface area contributed by atoms with E-state index in [1.54, 1.807) is 42.5 Å². The fourth-order valence-electron chi connectivity index (χ4n) is 1.88. The van der Waals surface area contributed by atoms with Gasteiger partial charge in [-0.25, -0.2) is 9.78 Å². The number of phenols is 1. The molecule has 0 aliphatic carbocycles. The van der Waals surface area contributed by atoms with Crippen molar-refractivity contribution in [3.8, 4) is 17.1 Å². The van der Waals surface area contributed by atoms with E-state index in [-0.39, 0.29) is 5.75 Å². The molecule has 0 fully saturated rings. The summed E-state index contributed by atoms with van der Waals surface area (Å²) in [5.74, 6) is 0.907. The predicted molar refractivity (Wildman–Crippen MR) is 71.0 cm³/mol. The van der Waals surface area contributed by atoms with Crippen LogP contribution in [0, 0.1) is 0 Å². The standard InChI is InChI=1S/C14H9N3O2/c18-8-15-10-3-6-12-13(7-10)17-14(16-12)9-1-4-11(19)5-2-9/h1-7,19H,(H,16,17). The highest BCUT2D eigenvalue weighted by atomic mass is 16.3. The Morgan fingerprint density at radius 1 is 1.16 bits per heavy atom. The van der Waals surface area contributed by atoms with Gasteiger partial charge in [0, 0.05) is 5.56 Å². The van der Waals surface area contributed by atoms with E-state index in [1.807, 2.05) is 0 Å². The highest BCUT2D eigenvalue weighted by molar-refractivity contribution is 5.82. The van der Waals surface area contributed by atoms with Crippen LogP contribution in [0.15, 0.2) is 47.5 Å². The summed E-state index contributed by atoms with van der Waals surface area (Å²) >= 11 is 0. The van der Waals surface area contributed by atoms with Gasteiger partial charge in [-0.1, -0.05) is 0 Å². The highest BCUT2D eigenvalue weighted by Gasteiger charge is 2.05. The number of nitrogens with one attached hydrogen (secondary N) is 1. The number of rotatable bonds is 2. The number of H-pyrrole nitrogens is 1. The van der Waals surface area contributed by atoms with Crippen molar-refractivity contribution in [2.75, 3.05) is 0 Å². The third-order valence-corrected chi connectivity index (χ3v) is 2.78. The molecule has 5 heteroatoms. The lowest BCUT2D eigenvalue weighted by Crippen LogP contribution is -1.78. The van der Waals surface area contributed by atoms with Crippen LogP contribution < -0.4 is 0 Å². The first kappa shape index (κ1) is 11.2. The number of aromatic hydroxyl groups is 1. The topological polar surface area (TPSA) is 78.3 Å². The van der Waals surface area contributed by atoms with Gasteiger partial charge in [0.05, 0.1) is 16.7 Å². The molecule has 0 atom stereocenters. The van der Waals surface area contributed by atoms with E-state index < -0.39 is 0 Å². The van der Waals surface area contributed by atoms with Crippen LogP contribution in [0.1, 0.15) is 0 Å². The Morgan fingerprint density at radius 3 is 2.68 bits per heavy atom. The molecule has 0 aliphatic rings. The third-order valence-electron chi connectivity index (χ3n) is 2.78. The number of aromatic nitrogens is 2. The number of phenolic OH excluding ortho intramolecular Hbond substituents is 1. The smallest absolute Gasteiger partial charge is 0.240 e. The van der Waals surface area contributed by atoms with Crippen LogP contribution in [0.3, 0.4) is 0 Å². The van der Waals surface area contributed by atoms with Gasteiger partial charge in [-0.2, -0.15) is 4.99 Å². The predicted octanol–water partition coefficient (Wildman–Crippen LogP) is 2.90. The van der Waals surface area contributed by atoms with Gasteiger partial charge in [-0.3, -0.25) is 0 Å². The number of aromatic amines is 1. The zero-order valence-corrected chi connectivity index (χ0v) is 9.79. The van der Waals surface area contributed by atoms with Crippen molar-refractivity contribution in [1.29, 1.82) is 0 Å². The van der Waals surface area contributed by atoms with Crippen molar-refractivity contribution in [2.24, 2.45) is 4.99 Å². The van der Waals surface area contributed by atoms with E-state index in [0.717, 1.165) is 16.6 Å². The molecule has 19 heavy (non-hydrogen) atoms. The number of isocyanates is 1. The lowest BCUT2D eigenvalue weighted by Gasteiger charge is -1.95. The molecule has 92 valence electrons. The zero-order chi connectivity index (χ0) is 13.2. The Hall–Kier alpha value is -2.91. The molecular weight excluding hydrogens is 242 g/mol. The SMILES string of the molecule is O=C=Nc1ccc2nc(-c3ccc(O)cc3)[nH]c2c1. The molecule has 0 aliphatic heterocycles. The van der Waals surface area contributed by atoms with Crippen molar-refractivity contribution in [3.63, 3.8) is 0 Å². The van der Waals surface area contributed by atoms with Gasteiger partial charge in [-0.05, 0) is 42.5 Å². The number of imidazole rings is 1. The summed E-state index contributed by atoms with van der Waals surface area (Å²) < 4.78 is 0. The molecular formula is C14H9N3O2. The molecule has 0 bridgehead atoms. The van der Waals surface area contributed by atoms with E-state index in [9.17, 15) is 9.90 Å². The van der Waals surface area contributed by atoms with E-state index >= 15 is 0 Å². The zero-order valence-electron chi connectivity index (χ0n) is 9.79. The number of benzene rings is 2. The molecule has 3 aromatic rings. The normalized spacial score (nSPS) is 10.3. The molecule has 0 saturated heterocycles. The Labute approximate surface area is 108 Å². The van der Waals surface area contributed by atoms with Gasteiger partial charge in [-0.15, -0.1) is 0 Å². The van der Waals surface area contributed by atoms with Crippen LogP contribution in [0.4, 0.5) is 5.69 Å². The average Bonchev–Trinajstić information content (AvgIpc) is 2.83. The summed E-state index contributed by atoms with van der Waals surface area (Å²) in [5, 5.41) is 9.26. The fourth-order valence-corrected chi connectivity index (χ4v) is 1.88. The van der Waals surface area contributed by atoms with Crippen LogP contribution in [-0.2, 0) is 4.79 Å². The van der Waals surface area contributed by atoms with Crippen molar-refractivity contribution in [1.82, 2.24) is 9.97 Å². The number of fused-ring (bicyclic) bond motifs is 1. The quantitative estimate of drug-likeness (QED) is 0.543. The van der Waals surface area contributed by atoms with Crippen molar-refractivity contribution in [2.45, 2.75) is 0 Å². The second kappa shape index (κ2) is 4.40. The second-order valence-corrected chi connectivity index (χ2v) is 4.04. The number of carbonyl (C=O) groups excluding carboxylic acids is 1. The minimum Gasteiger partial charge on any atom is -0.508 e. The average molecular weight is 251 g/mol. The first-order valence-electron chi connectivity index (χ1n) is 5.63. The molecule has 0 spiro atoms. The van der Waals surface area contributed by atoms with Crippen molar-refractivity contribution >= 4 is 22.8 Å². The molecule has 1 heterocycles. The molecule has 3 rings (SSSR count). The molecule has 5 nitrogen and oxygen atoms in total. The van der Waals surface area contributed by atoms with Gasteiger partial charge in [0.2, 0.25) is 6.08 Å². The van der Waals surface area contributed by atoms with Gasteiger partial charge in [0.1, 0.15) is 11.6 Å². The molecule has 2 N–H and O–H groups in total. The summed E-state index contributed by atoms with van der Waals surface area (Å²) in [7, 11) is 0. The Balaban J connectivity index is 2.10. The Kier molecular flexibility index (Phi) is 2.59. The fraction of sp³-hybridized carbons (Fsp3) is 0. The number of aliphatic imine (C=N–C) groups is 1. The summed E-state index contributed by atoms with van der Waals surface area (Å²) in [5.41, 5.74) is 2.98. The van der Waals surface area contributed by atoms with E-state index in [0.29, 0.717) is 11.5 Å². The van der Waals surface area contributed by atoms with E-state index in [1.165, 1.54) is 6.08 Å². The Morgan fingerprint density at radius 2 is 1.95 bits per heavy atom. The second-order valence-electron chi connectivity index (χ2n) is 4.04. The molecule has 0 amide bonds. The molecule has 0 saturated carbocycles. The summed E-state index contributed by atoms with van der Waals surface area (Å²) in [6, 6.07) is 12.0. The highest BCUT2D eigenvalue weighted by Crippen LogP contribution is 2.24. The first-order valence-corrected chi connectivity index (χ1v) is 5.63. The van der Waals surface area contributed by atoms with Gasteiger partial charge in [0.25, 0.3) is 0 Å². The van der Waals surface area contributed by atoms with Crippen LogP contribution in [-0.4, -0.2) is 21.2 Å². The third kappa shape index (κ3) is 2.10. The van der Waals surface area contributed by atoms with E-state index in [2.05, 4.69) is 15.0 Å². The van der Waals surface area contributed by atoms with Crippen LogP contribution >= 0.6 is 0 Å². The summed E-state index contributed by atoms with van der Waals surface area (Å²) in [4.78, 5) is 21.4. The van der Waals surface area contributed by atoms with Gasteiger partial charge >= 0.3 is 0 Å². The molecule has 0 unspecified atom stereocenters. The minimum absolute atomic E-state index is 0.211.